The summed E-state index contributed by atoms with van der Waals surface area (Å²) in [7, 11) is 2.20. The zero-order chi connectivity index (χ0) is 18.8. The van der Waals surface area contributed by atoms with E-state index in [1.54, 1.807) is 11.3 Å². The Labute approximate surface area is 165 Å². The second-order valence-corrected chi connectivity index (χ2v) is 8.47. The number of aryl methyl sites for hydroxylation is 1. The molecule has 1 aliphatic rings. The Bertz CT molecular complexity index is 891. The highest BCUT2D eigenvalue weighted by Crippen LogP contribution is 2.32. The first-order valence-corrected chi connectivity index (χ1v) is 10.4. The van der Waals surface area contributed by atoms with Crippen molar-refractivity contribution in [2.75, 3.05) is 33.2 Å². The van der Waals surface area contributed by atoms with E-state index in [-0.39, 0.29) is 0 Å². The Balaban J connectivity index is 1.52. The molecule has 5 nitrogen and oxygen atoms in total. The quantitative estimate of drug-likeness (QED) is 0.676. The van der Waals surface area contributed by atoms with Gasteiger partial charge >= 0.3 is 0 Å². The Morgan fingerprint density at radius 1 is 1.11 bits per heavy atom. The SMILES string of the molecule is Cc1ccccc1-c1ncc(-c2nccn2CC(C)N2CCN(C)CC2)s1. The Morgan fingerprint density at radius 3 is 2.67 bits per heavy atom. The maximum Gasteiger partial charge on any atom is 0.151 e. The number of nitrogens with zero attached hydrogens (tertiary/aromatic N) is 5. The van der Waals surface area contributed by atoms with Gasteiger partial charge < -0.3 is 9.47 Å². The predicted molar refractivity (Wildman–Crippen MR) is 112 cm³/mol. The summed E-state index contributed by atoms with van der Waals surface area (Å²) < 4.78 is 2.28. The van der Waals surface area contributed by atoms with Crippen LogP contribution in [0.25, 0.3) is 21.3 Å². The lowest BCUT2D eigenvalue weighted by atomic mass is 10.1. The van der Waals surface area contributed by atoms with Crippen LogP contribution in [-0.4, -0.2) is 63.6 Å². The van der Waals surface area contributed by atoms with E-state index in [1.165, 1.54) is 11.1 Å². The van der Waals surface area contributed by atoms with E-state index >= 15 is 0 Å². The van der Waals surface area contributed by atoms with E-state index in [9.17, 15) is 0 Å². The molecule has 0 spiro atoms. The first kappa shape index (κ1) is 18.3. The van der Waals surface area contributed by atoms with Crippen LogP contribution in [0.1, 0.15) is 12.5 Å². The molecule has 0 bridgehead atoms. The number of hydrogen-bond acceptors (Lipinski definition) is 5. The third-order valence-electron chi connectivity index (χ3n) is 5.44. The normalized spacial score (nSPS) is 17.3. The fourth-order valence-corrected chi connectivity index (χ4v) is 4.68. The average molecular weight is 382 g/mol. The number of imidazole rings is 1. The molecule has 1 unspecified atom stereocenters. The summed E-state index contributed by atoms with van der Waals surface area (Å²) in [6, 6.07) is 8.91. The van der Waals surface area contributed by atoms with Gasteiger partial charge in [-0.15, -0.1) is 11.3 Å². The van der Waals surface area contributed by atoms with Crippen LogP contribution in [0.3, 0.4) is 0 Å². The highest BCUT2D eigenvalue weighted by Gasteiger charge is 2.21. The Hall–Kier alpha value is -2.02. The maximum absolute atomic E-state index is 4.67. The van der Waals surface area contributed by atoms with Crippen LogP contribution in [0, 0.1) is 6.92 Å². The molecule has 3 heterocycles. The molecular weight excluding hydrogens is 354 g/mol. The molecule has 142 valence electrons. The van der Waals surface area contributed by atoms with E-state index in [4.69, 9.17) is 0 Å². The minimum Gasteiger partial charge on any atom is -0.329 e. The summed E-state index contributed by atoms with van der Waals surface area (Å²) in [4.78, 5) is 15.4. The van der Waals surface area contributed by atoms with Crippen molar-refractivity contribution in [1.82, 2.24) is 24.3 Å². The third kappa shape index (κ3) is 3.98. The van der Waals surface area contributed by atoms with Crippen LogP contribution in [0.4, 0.5) is 0 Å². The third-order valence-corrected chi connectivity index (χ3v) is 6.47. The van der Waals surface area contributed by atoms with E-state index in [0.29, 0.717) is 6.04 Å². The van der Waals surface area contributed by atoms with Gasteiger partial charge in [-0.3, -0.25) is 4.90 Å². The molecule has 1 aromatic carbocycles. The van der Waals surface area contributed by atoms with Crippen LogP contribution < -0.4 is 0 Å². The molecule has 1 atom stereocenters. The Kier molecular flexibility index (Phi) is 5.38. The van der Waals surface area contributed by atoms with Crippen LogP contribution in [0.15, 0.2) is 42.9 Å². The smallest absolute Gasteiger partial charge is 0.151 e. The number of thiazole rings is 1. The lowest BCUT2D eigenvalue weighted by Gasteiger charge is -2.36. The summed E-state index contributed by atoms with van der Waals surface area (Å²) in [5.74, 6) is 1.02. The van der Waals surface area contributed by atoms with E-state index in [1.807, 2.05) is 12.4 Å². The molecule has 0 N–H and O–H groups in total. The molecule has 1 saturated heterocycles. The molecule has 0 radical (unpaired) electrons. The number of benzene rings is 1. The predicted octanol–water partition coefficient (Wildman–Crippen LogP) is 3.62. The molecule has 27 heavy (non-hydrogen) atoms. The van der Waals surface area contributed by atoms with Crippen LogP contribution in [0.2, 0.25) is 0 Å². The van der Waals surface area contributed by atoms with Crippen LogP contribution in [-0.2, 0) is 6.54 Å². The monoisotopic (exact) mass is 381 g/mol. The van der Waals surface area contributed by atoms with Crippen molar-refractivity contribution in [1.29, 1.82) is 0 Å². The number of piperazine rings is 1. The van der Waals surface area contributed by atoms with Crippen LogP contribution in [0.5, 0.6) is 0 Å². The van der Waals surface area contributed by atoms with E-state index in [0.717, 1.165) is 48.4 Å². The first-order chi connectivity index (χ1) is 13.1. The average Bonchev–Trinajstić information content (AvgIpc) is 3.32. The fraction of sp³-hybridized carbons (Fsp3) is 0.429. The highest BCUT2D eigenvalue weighted by atomic mass is 32.1. The first-order valence-electron chi connectivity index (χ1n) is 9.58. The number of likely N-dealkylation sites (N-methyl/N-ethyl adjacent to an activating group) is 1. The van der Waals surface area contributed by atoms with Gasteiger partial charge in [-0.1, -0.05) is 24.3 Å². The largest absolute Gasteiger partial charge is 0.329 e. The highest BCUT2D eigenvalue weighted by molar-refractivity contribution is 7.18. The second-order valence-electron chi connectivity index (χ2n) is 7.44. The minimum atomic E-state index is 0.496. The van der Waals surface area contributed by atoms with Crippen molar-refractivity contribution >= 4 is 11.3 Å². The zero-order valence-electron chi connectivity index (χ0n) is 16.3. The summed E-state index contributed by atoms with van der Waals surface area (Å²) in [6.45, 7) is 9.98. The van der Waals surface area contributed by atoms with Gasteiger partial charge in [0.2, 0.25) is 0 Å². The fourth-order valence-electron chi connectivity index (χ4n) is 3.66. The van der Waals surface area contributed by atoms with Crippen molar-refractivity contribution in [2.24, 2.45) is 0 Å². The summed E-state index contributed by atoms with van der Waals surface area (Å²) >= 11 is 1.72. The van der Waals surface area contributed by atoms with Gasteiger partial charge in [0.1, 0.15) is 5.01 Å². The molecule has 4 rings (SSSR count). The molecular formula is C21H27N5S. The van der Waals surface area contributed by atoms with Crippen molar-refractivity contribution in [3.05, 3.63) is 48.4 Å². The number of aromatic nitrogens is 3. The van der Waals surface area contributed by atoms with Crippen molar-refractivity contribution in [3.8, 4) is 21.3 Å². The lowest BCUT2D eigenvalue weighted by Crippen LogP contribution is -2.49. The number of hydrogen-bond donors (Lipinski definition) is 0. The van der Waals surface area contributed by atoms with Crippen molar-refractivity contribution < 1.29 is 0 Å². The van der Waals surface area contributed by atoms with E-state index < -0.39 is 0 Å². The van der Waals surface area contributed by atoms with Gasteiger partial charge in [0.25, 0.3) is 0 Å². The van der Waals surface area contributed by atoms with Crippen molar-refractivity contribution in [2.45, 2.75) is 26.4 Å². The molecule has 3 aromatic rings. The van der Waals surface area contributed by atoms with Gasteiger partial charge in [0, 0.05) is 62.9 Å². The molecule has 6 heteroatoms. The second kappa shape index (κ2) is 7.92. The summed E-state index contributed by atoms with van der Waals surface area (Å²) in [5.41, 5.74) is 2.46. The summed E-state index contributed by atoms with van der Waals surface area (Å²) in [5, 5.41) is 1.06. The molecule has 0 aliphatic carbocycles. The Morgan fingerprint density at radius 2 is 1.89 bits per heavy atom. The van der Waals surface area contributed by atoms with Crippen molar-refractivity contribution in [3.63, 3.8) is 0 Å². The van der Waals surface area contributed by atoms with Gasteiger partial charge in [0.15, 0.2) is 5.82 Å². The molecule has 0 saturated carbocycles. The van der Waals surface area contributed by atoms with E-state index in [2.05, 4.69) is 75.7 Å². The lowest BCUT2D eigenvalue weighted by molar-refractivity contribution is 0.111. The van der Waals surface area contributed by atoms with Gasteiger partial charge in [-0.25, -0.2) is 9.97 Å². The maximum atomic E-state index is 4.67. The standard InChI is InChI=1S/C21H27N5S/c1-16-6-4-5-7-18(16)21-23-14-19(27-21)20-22-8-9-26(20)15-17(2)25-12-10-24(3)11-13-25/h4-9,14,17H,10-13,15H2,1-3H3. The summed E-state index contributed by atoms with van der Waals surface area (Å²) in [6.07, 6.45) is 5.96. The molecule has 1 fully saturated rings. The topological polar surface area (TPSA) is 37.2 Å². The van der Waals surface area contributed by atoms with Crippen LogP contribution >= 0.6 is 11.3 Å². The number of rotatable bonds is 5. The molecule has 0 amide bonds. The van der Waals surface area contributed by atoms with Gasteiger partial charge in [-0.2, -0.15) is 0 Å². The zero-order valence-corrected chi connectivity index (χ0v) is 17.1. The van der Waals surface area contributed by atoms with Gasteiger partial charge in [0.05, 0.1) is 4.88 Å². The minimum absolute atomic E-state index is 0.496. The molecule has 1 aliphatic heterocycles. The van der Waals surface area contributed by atoms with Gasteiger partial charge in [-0.05, 0) is 26.5 Å². The molecule has 2 aromatic heterocycles.